The Hall–Kier alpha value is -0.630. The number of thioether (sulfide) groups is 1. The van der Waals surface area contributed by atoms with E-state index in [1.165, 1.54) is 29.1 Å². The third kappa shape index (κ3) is 4.93. The smallest absolute Gasteiger partial charge is 0.119 e. The average molecular weight is 238 g/mol. The van der Waals surface area contributed by atoms with Crippen LogP contribution in [0.15, 0.2) is 18.2 Å². The van der Waals surface area contributed by atoms with E-state index >= 15 is 0 Å². The zero-order valence-electron chi connectivity index (χ0n) is 10.6. The van der Waals surface area contributed by atoms with Gasteiger partial charge in [-0.2, -0.15) is 11.8 Å². The van der Waals surface area contributed by atoms with Crippen molar-refractivity contribution >= 4 is 11.8 Å². The molecule has 1 aromatic carbocycles. The van der Waals surface area contributed by atoms with Gasteiger partial charge in [-0.25, -0.2) is 0 Å². The Kier molecular flexibility index (Phi) is 6.39. The minimum Gasteiger partial charge on any atom is -0.494 e. The molecule has 0 atom stereocenters. The Morgan fingerprint density at radius 3 is 2.62 bits per heavy atom. The first kappa shape index (κ1) is 13.4. The highest BCUT2D eigenvalue weighted by atomic mass is 32.2. The van der Waals surface area contributed by atoms with Crippen molar-refractivity contribution in [1.82, 2.24) is 0 Å². The maximum atomic E-state index is 5.71. The molecule has 0 saturated carbocycles. The minimum atomic E-state index is 0.840. The number of hydrogen-bond acceptors (Lipinski definition) is 2. The molecule has 0 amide bonds. The van der Waals surface area contributed by atoms with Crippen LogP contribution in [-0.4, -0.2) is 18.1 Å². The van der Waals surface area contributed by atoms with E-state index in [0.29, 0.717) is 0 Å². The van der Waals surface area contributed by atoms with Crippen LogP contribution in [0.4, 0.5) is 0 Å². The lowest BCUT2D eigenvalue weighted by molar-refractivity contribution is 0.309. The largest absolute Gasteiger partial charge is 0.494 e. The maximum absolute atomic E-state index is 5.71. The van der Waals surface area contributed by atoms with Crippen LogP contribution in [0.2, 0.25) is 0 Å². The Bertz CT molecular complexity index is 310. The summed E-state index contributed by atoms with van der Waals surface area (Å²) in [5, 5.41) is 0. The van der Waals surface area contributed by atoms with Gasteiger partial charge in [-0.15, -0.1) is 0 Å². The van der Waals surface area contributed by atoms with Crippen molar-refractivity contribution in [1.29, 1.82) is 0 Å². The molecule has 0 heterocycles. The monoisotopic (exact) mass is 238 g/mol. The lowest BCUT2D eigenvalue weighted by atomic mass is 10.1. The van der Waals surface area contributed by atoms with E-state index in [1.807, 2.05) is 11.8 Å². The molecular weight excluding hydrogens is 216 g/mol. The lowest BCUT2D eigenvalue weighted by Crippen LogP contribution is -1.98. The third-order valence-electron chi connectivity index (χ3n) is 2.63. The fourth-order valence-corrected chi connectivity index (χ4v) is 2.14. The average Bonchev–Trinajstić information content (AvgIpc) is 2.28. The molecular formula is C14H22OS. The van der Waals surface area contributed by atoms with E-state index in [1.54, 1.807) is 0 Å². The maximum Gasteiger partial charge on any atom is 0.119 e. The van der Waals surface area contributed by atoms with Crippen LogP contribution in [0, 0.1) is 13.8 Å². The van der Waals surface area contributed by atoms with Crippen LogP contribution in [-0.2, 0) is 0 Å². The van der Waals surface area contributed by atoms with E-state index in [2.05, 4.69) is 39.0 Å². The molecule has 1 nitrogen and oxygen atoms in total. The van der Waals surface area contributed by atoms with Gasteiger partial charge in [0, 0.05) is 0 Å². The molecule has 0 bridgehead atoms. The van der Waals surface area contributed by atoms with Crippen molar-refractivity contribution in [3.63, 3.8) is 0 Å². The summed E-state index contributed by atoms with van der Waals surface area (Å²) < 4.78 is 5.71. The van der Waals surface area contributed by atoms with Crippen molar-refractivity contribution in [2.75, 3.05) is 18.1 Å². The molecule has 1 aromatic rings. The molecule has 2 heteroatoms. The molecule has 16 heavy (non-hydrogen) atoms. The topological polar surface area (TPSA) is 9.23 Å². The molecule has 0 aromatic heterocycles. The minimum absolute atomic E-state index is 0.840. The SMILES string of the molecule is CCSCCCCOc1ccc(C)c(C)c1. The highest BCUT2D eigenvalue weighted by molar-refractivity contribution is 7.99. The fraction of sp³-hybridized carbons (Fsp3) is 0.571. The van der Waals surface area contributed by atoms with Gasteiger partial charge >= 0.3 is 0 Å². The Labute approximate surface area is 104 Å². The second-order valence-corrected chi connectivity index (χ2v) is 5.39. The Balaban J connectivity index is 2.19. The van der Waals surface area contributed by atoms with Crippen LogP contribution in [0.25, 0.3) is 0 Å². The van der Waals surface area contributed by atoms with Gasteiger partial charge in [0.05, 0.1) is 6.61 Å². The van der Waals surface area contributed by atoms with Crippen molar-refractivity contribution in [2.45, 2.75) is 33.6 Å². The normalized spacial score (nSPS) is 10.4. The second kappa shape index (κ2) is 7.61. The summed E-state index contributed by atoms with van der Waals surface area (Å²) >= 11 is 2.00. The number of ether oxygens (including phenoxy) is 1. The molecule has 0 aliphatic carbocycles. The fourth-order valence-electron chi connectivity index (χ4n) is 1.44. The molecule has 1 rings (SSSR count). The summed E-state index contributed by atoms with van der Waals surface area (Å²) in [6.45, 7) is 7.30. The summed E-state index contributed by atoms with van der Waals surface area (Å²) in [5.74, 6) is 3.48. The van der Waals surface area contributed by atoms with E-state index in [4.69, 9.17) is 4.74 Å². The first-order chi connectivity index (χ1) is 7.74. The van der Waals surface area contributed by atoms with Crippen LogP contribution in [0.1, 0.15) is 30.9 Å². The van der Waals surface area contributed by atoms with Crippen molar-refractivity contribution in [2.24, 2.45) is 0 Å². The molecule has 0 radical (unpaired) electrons. The zero-order valence-corrected chi connectivity index (χ0v) is 11.4. The molecule has 0 saturated heterocycles. The molecule has 0 fully saturated rings. The summed E-state index contributed by atoms with van der Waals surface area (Å²) in [6.07, 6.45) is 2.41. The van der Waals surface area contributed by atoms with Crippen molar-refractivity contribution in [3.05, 3.63) is 29.3 Å². The van der Waals surface area contributed by atoms with Gasteiger partial charge in [-0.05, 0) is 61.5 Å². The van der Waals surface area contributed by atoms with Crippen LogP contribution < -0.4 is 4.74 Å². The van der Waals surface area contributed by atoms with Crippen LogP contribution >= 0.6 is 11.8 Å². The van der Waals surface area contributed by atoms with E-state index < -0.39 is 0 Å². The standard InChI is InChI=1S/C14H22OS/c1-4-16-10-6-5-9-15-14-8-7-12(2)13(3)11-14/h7-8,11H,4-6,9-10H2,1-3H3. The van der Waals surface area contributed by atoms with Crippen molar-refractivity contribution < 1.29 is 4.74 Å². The van der Waals surface area contributed by atoms with Crippen molar-refractivity contribution in [3.8, 4) is 5.75 Å². The predicted octanol–water partition coefficient (Wildman–Crippen LogP) is 4.22. The first-order valence-electron chi connectivity index (χ1n) is 6.02. The Morgan fingerprint density at radius 1 is 1.12 bits per heavy atom. The summed E-state index contributed by atoms with van der Waals surface area (Å²) in [7, 11) is 0. The molecule has 0 spiro atoms. The molecule has 90 valence electrons. The molecule has 0 aliphatic heterocycles. The Morgan fingerprint density at radius 2 is 1.94 bits per heavy atom. The summed E-state index contributed by atoms with van der Waals surface area (Å²) in [4.78, 5) is 0. The highest BCUT2D eigenvalue weighted by Crippen LogP contribution is 2.16. The van der Waals surface area contributed by atoms with Crippen LogP contribution in [0.5, 0.6) is 5.75 Å². The van der Waals surface area contributed by atoms with E-state index in [0.717, 1.165) is 18.8 Å². The number of aryl methyl sites for hydroxylation is 2. The van der Waals surface area contributed by atoms with Gasteiger partial charge in [0.1, 0.15) is 5.75 Å². The number of unbranched alkanes of at least 4 members (excludes halogenated alkanes) is 1. The van der Waals surface area contributed by atoms with Gasteiger partial charge in [0.25, 0.3) is 0 Å². The molecule has 0 unspecified atom stereocenters. The predicted molar refractivity (Wildman–Crippen MR) is 73.6 cm³/mol. The van der Waals surface area contributed by atoms with Crippen LogP contribution in [0.3, 0.4) is 0 Å². The third-order valence-corrected chi connectivity index (χ3v) is 3.62. The lowest BCUT2D eigenvalue weighted by Gasteiger charge is -2.08. The highest BCUT2D eigenvalue weighted by Gasteiger charge is 1.97. The summed E-state index contributed by atoms with van der Waals surface area (Å²) in [6, 6.07) is 6.30. The molecule has 0 N–H and O–H groups in total. The van der Waals surface area contributed by atoms with Gasteiger partial charge in [-0.3, -0.25) is 0 Å². The number of rotatable bonds is 7. The van der Waals surface area contributed by atoms with Gasteiger partial charge in [0.2, 0.25) is 0 Å². The van der Waals surface area contributed by atoms with E-state index in [-0.39, 0.29) is 0 Å². The van der Waals surface area contributed by atoms with E-state index in [9.17, 15) is 0 Å². The number of benzene rings is 1. The van der Waals surface area contributed by atoms with Gasteiger partial charge in [-0.1, -0.05) is 13.0 Å². The second-order valence-electron chi connectivity index (χ2n) is 4.00. The number of hydrogen-bond donors (Lipinski definition) is 0. The quantitative estimate of drug-likeness (QED) is 0.658. The zero-order chi connectivity index (χ0) is 11.8. The van der Waals surface area contributed by atoms with Gasteiger partial charge < -0.3 is 4.74 Å². The van der Waals surface area contributed by atoms with Gasteiger partial charge in [0.15, 0.2) is 0 Å². The first-order valence-corrected chi connectivity index (χ1v) is 7.17. The molecule has 0 aliphatic rings. The summed E-state index contributed by atoms with van der Waals surface area (Å²) in [5.41, 5.74) is 2.63.